The van der Waals surface area contributed by atoms with E-state index in [0.29, 0.717) is 23.7 Å². The van der Waals surface area contributed by atoms with Crippen LogP contribution in [0.3, 0.4) is 0 Å². The first kappa shape index (κ1) is 14.1. The van der Waals surface area contributed by atoms with E-state index >= 15 is 0 Å². The first-order valence-electron chi connectivity index (χ1n) is 7.54. The molecule has 3 heterocycles. The zero-order chi connectivity index (χ0) is 14.7. The van der Waals surface area contributed by atoms with Crippen molar-refractivity contribution in [1.29, 1.82) is 0 Å². The molecule has 0 bridgehead atoms. The number of carbonyl (C=O) groups excluding carboxylic acids is 1. The van der Waals surface area contributed by atoms with Crippen molar-refractivity contribution >= 4 is 11.6 Å². The van der Waals surface area contributed by atoms with Gasteiger partial charge in [0.25, 0.3) is 5.91 Å². The molecule has 1 amide bonds. The maximum Gasteiger partial charge on any atom is 0.255 e. The summed E-state index contributed by atoms with van der Waals surface area (Å²) in [5.74, 6) is 0.520. The fraction of sp³-hybridized carbons (Fsp3) is 0.500. The lowest BCUT2D eigenvalue weighted by Gasteiger charge is -2.21. The van der Waals surface area contributed by atoms with Crippen LogP contribution in [0.2, 0.25) is 0 Å². The molecule has 1 fully saturated rings. The van der Waals surface area contributed by atoms with Gasteiger partial charge in [-0.05, 0) is 44.2 Å². The van der Waals surface area contributed by atoms with Gasteiger partial charge in [0.05, 0.1) is 11.3 Å². The van der Waals surface area contributed by atoms with E-state index in [1.165, 1.54) is 6.42 Å². The summed E-state index contributed by atoms with van der Waals surface area (Å²) in [7, 11) is 0. The molecule has 1 saturated heterocycles. The maximum absolute atomic E-state index is 12.3. The number of nitrogens with one attached hydrogen (secondary N) is 1. The van der Waals surface area contributed by atoms with Gasteiger partial charge in [-0.2, -0.15) is 0 Å². The lowest BCUT2D eigenvalue weighted by Crippen LogP contribution is -2.28. The van der Waals surface area contributed by atoms with Crippen LogP contribution >= 0.6 is 0 Å². The van der Waals surface area contributed by atoms with Crippen LogP contribution in [0.15, 0.2) is 24.5 Å². The molecule has 1 aliphatic heterocycles. The summed E-state index contributed by atoms with van der Waals surface area (Å²) in [5.41, 5.74) is 2.26. The Labute approximate surface area is 124 Å². The Balaban J connectivity index is 1.61. The molecular weight excluding hydrogens is 266 g/mol. The summed E-state index contributed by atoms with van der Waals surface area (Å²) >= 11 is 0. The molecule has 3 rings (SSSR count). The van der Waals surface area contributed by atoms with E-state index in [-0.39, 0.29) is 5.91 Å². The normalized spacial score (nSPS) is 18.8. The number of pyridine rings is 1. The SMILES string of the molecule is Cc1cn2cccc(C(=O)NCC[C@@H]3CCCOC3)c2n1. The minimum Gasteiger partial charge on any atom is -0.381 e. The second-order valence-electron chi connectivity index (χ2n) is 5.66. The van der Waals surface area contributed by atoms with E-state index in [0.717, 1.165) is 31.7 Å². The predicted octanol–water partition coefficient (Wildman–Crippen LogP) is 2.19. The quantitative estimate of drug-likeness (QED) is 0.938. The van der Waals surface area contributed by atoms with E-state index in [1.807, 2.05) is 35.9 Å². The third kappa shape index (κ3) is 3.24. The largest absolute Gasteiger partial charge is 0.381 e. The molecule has 2 aromatic heterocycles. The van der Waals surface area contributed by atoms with E-state index in [9.17, 15) is 4.79 Å². The molecule has 1 aliphatic rings. The van der Waals surface area contributed by atoms with Crippen molar-refractivity contribution in [3.63, 3.8) is 0 Å². The number of ether oxygens (including phenoxy) is 1. The van der Waals surface area contributed by atoms with Crippen molar-refractivity contribution < 1.29 is 9.53 Å². The van der Waals surface area contributed by atoms with Gasteiger partial charge in [-0.3, -0.25) is 4.79 Å². The Morgan fingerprint density at radius 1 is 1.57 bits per heavy atom. The van der Waals surface area contributed by atoms with E-state index in [4.69, 9.17) is 4.74 Å². The summed E-state index contributed by atoms with van der Waals surface area (Å²) in [6, 6.07) is 3.69. The van der Waals surface area contributed by atoms with Crippen molar-refractivity contribution in [1.82, 2.24) is 14.7 Å². The third-order valence-corrected chi connectivity index (χ3v) is 3.94. The lowest BCUT2D eigenvalue weighted by molar-refractivity contribution is 0.0514. The average Bonchev–Trinajstić information content (AvgIpc) is 2.88. The number of fused-ring (bicyclic) bond motifs is 1. The summed E-state index contributed by atoms with van der Waals surface area (Å²) < 4.78 is 7.35. The third-order valence-electron chi connectivity index (χ3n) is 3.94. The number of hydrogen-bond acceptors (Lipinski definition) is 3. The van der Waals surface area contributed by atoms with Gasteiger partial charge in [0.15, 0.2) is 0 Å². The molecule has 0 unspecified atom stereocenters. The fourth-order valence-corrected chi connectivity index (χ4v) is 2.83. The molecule has 0 aliphatic carbocycles. The zero-order valence-corrected chi connectivity index (χ0v) is 12.3. The van der Waals surface area contributed by atoms with Gasteiger partial charge in [0.2, 0.25) is 0 Å². The predicted molar refractivity (Wildman–Crippen MR) is 80.4 cm³/mol. The van der Waals surface area contributed by atoms with Crippen LogP contribution in [0, 0.1) is 12.8 Å². The number of hydrogen-bond donors (Lipinski definition) is 1. The van der Waals surface area contributed by atoms with Gasteiger partial charge < -0.3 is 14.5 Å². The summed E-state index contributed by atoms with van der Waals surface area (Å²) in [6.45, 7) is 4.32. The lowest BCUT2D eigenvalue weighted by atomic mass is 9.99. The highest BCUT2D eigenvalue weighted by Crippen LogP contribution is 2.16. The maximum atomic E-state index is 12.3. The Hall–Kier alpha value is -1.88. The molecule has 0 spiro atoms. The molecule has 5 nitrogen and oxygen atoms in total. The molecule has 0 aromatic carbocycles. The van der Waals surface area contributed by atoms with Crippen LogP contribution in [-0.2, 0) is 4.74 Å². The summed E-state index contributed by atoms with van der Waals surface area (Å²) in [4.78, 5) is 16.7. The number of aryl methyl sites for hydroxylation is 1. The zero-order valence-electron chi connectivity index (χ0n) is 12.3. The minimum atomic E-state index is -0.0528. The smallest absolute Gasteiger partial charge is 0.255 e. The van der Waals surface area contributed by atoms with Crippen molar-refractivity contribution in [3.8, 4) is 0 Å². The monoisotopic (exact) mass is 287 g/mol. The molecule has 112 valence electrons. The highest BCUT2D eigenvalue weighted by molar-refractivity contribution is 5.99. The van der Waals surface area contributed by atoms with Gasteiger partial charge in [-0.25, -0.2) is 4.98 Å². The Morgan fingerprint density at radius 2 is 2.48 bits per heavy atom. The van der Waals surface area contributed by atoms with Gasteiger partial charge >= 0.3 is 0 Å². The van der Waals surface area contributed by atoms with E-state index in [2.05, 4.69) is 10.3 Å². The second kappa shape index (κ2) is 6.26. The molecule has 0 saturated carbocycles. The second-order valence-corrected chi connectivity index (χ2v) is 5.66. The van der Waals surface area contributed by atoms with E-state index in [1.54, 1.807) is 0 Å². The molecule has 1 N–H and O–H groups in total. The van der Waals surface area contributed by atoms with Crippen LogP contribution in [0.5, 0.6) is 0 Å². The van der Waals surface area contributed by atoms with Crippen molar-refractivity contribution in [2.75, 3.05) is 19.8 Å². The molecular formula is C16H21N3O2. The van der Waals surface area contributed by atoms with Crippen LogP contribution in [0.25, 0.3) is 5.65 Å². The number of imidazole rings is 1. The standard InChI is InChI=1S/C16H21N3O2/c1-12-10-19-8-2-5-14(15(19)18-12)16(20)17-7-6-13-4-3-9-21-11-13/h2,5,8,10,13H,3-4,6-7,9,11H2,1H3,(H,17,20)/t13-/m0/s1. The number of amides is 1. The van der Waals surface area contributed by atoms with Crippen LogP contribution in [0.1, 0.15) is 35.3 Å². The van der Waals surface area contributed by atoms with Crippen molar-refractivity contribution in [3.05, 3.63) is 35.8 Å². The fourth-order valence-electron chi connectivity index (χ4n) is 2.83. The molecule has 5 heteroatoms. The summed E-state index contributed by atoms with van der Waals surface area (Å²) in [5, 5.41) is 3.00. The van der Waals surface area contributed by atoms with Crippen LogP contribution in [-0.4, -0.2) is 35.1 Å². The molecule has 21 heavy (non-hydrogen) atoms. The number of nitrogens with zero attached hydrogens (tertiary/aromatic N) is 2. The summed E-state index contributed by atoms with van der Waals surface area (Å²) in [6.07, 6.45) is 7.13. The van der Waals surface area contributed by atoms with Crippen LogP contribution in [0.4, 0.5) is 0 Å². The molecule has 1 atom stereocenters. The highest BCUT2D eigenvalue weighted by atomic mass is 16.5. The molecule has 0 radical (unpaired) electrons. The van der Waals surface area contributed by atoms with Gasteiger partial charge in [-0.15, -0.1) is 0 Å². The molecule has 2 aromatic rings. The van der Waals surface area contributed by atoms with Crippen molar-refractivity contribution in [2.45, 2.75) is 26.2 Å². The first-order chi connectivity index (χ1) is 10.2. The van der Waals surface area contributed by atoms with Crippen molar-refractivity contribution in [2.24, 2.45) is 5.92 Å². The van der Waals surface area contributed by atoms with Gasteiger partial charge in [0, 0.05) is 32.2 Å². The Morgan fingerprint density at radius 3 is 3.29 bits per heavy atom. The first-order valence-corrected chi connectivity index (χ1v) is 7.54. The van der Waals surface area contributed by atoms with Crippen LogP contribution < -0.4 is 5.32 Å². The number of rotatable bonds is 4. The van der Waals surface area contributed by atoms with Gasteiger partial charge in [-0.1, -0.05) is 0 Å². The number of carbonyl (C=O) groups is 1. The Bertz CT molecular complexity index is 629. The number of aromatic nitrogens is 2. The highest BCUT2D eigenvalue weighted by Gasteiger charge is 2.15. The minimum absolute atomic E-state index is 0.0528. The average molecular weight is 287 g/mol. The van der Waals surface area contributed by atoms with E-state index < -0.39 is 0 Å². The topological polar surface area (TPSA) is 55.6 Å². The Kier molecular flexibility index (Phi) is 4.20. The van der Waals surface area contributed by atoms with Gasteiger partial charge in [0.1, 0.15) is 5.65 Å².